The van der Waals surface area contributed by atoms with Crippen LogP contribution in [0.3, 0.4) is 0 Å². The molecule has 2 unspecified atom stereocenters. The van der Waals surface area contributed by atoms with Gasteiger partial charge in [-0.25, -0.2) is 4.79 Å². The summed E-state index contributed by atoms with van der Waals surface area (Å²) >= 11 is 0. The number of carbonyl (C=O) groups excluding carboxylic acids is 1. The zero-order chi connectivity index (χ0) is 16.2. The number of hydrogen-bond donors (Lipinski definition) is 2. The summed E-state index contributed by atoms with van der Waals surface area (Å²) in [7, 11) is 1.77. The molecule has 4 nitrogen and oxygen atoms in total. The molecule has 0 saturated carbocycles. The van der Waals surface area contributed by atoms with Crippen LogP contribution in [-0.2, 0) is 11.8 Å². The highest BCUT2D eigenvalue weighted by Gasteiger charge is 2.32. The lowest BCUT2D eigenvalue weighted by atomic mass is 9.71. The smallest absolute Gasteiger partial charge is 0.317 e. The maximum absolute atomic E-state index is 12.2. The number of fused-ring (bicyclic) bond motifs is 1. The normalized spacial score (nSPS) is 21.8. The highest BCUT2D eigenvalue weighted by atomic mass is 16.3. The molecule has 22 heavy (non-hydrogen) atoms. The maximum atomic E-state index is 12.2. The van der Waals surface area contributed by atoms with Gasteiger partial charge in [-0.05, 0) is 43.7 Å². The molecule has 122 valence electrons. The summed E-state index contributed by atoms with van der Waals surface area (Å²) in [6.45, 7) is 5.20. The molecule has 0 heterocycles. The van der Waals surface area contributed by atoms with Crippen LogP contribution in [0.15, 0.2) is 24.3 Å². The quantitative estimate of drug-likeness (QED) is 0.879. The van der Waals surface area contributed by atoms with Gasteiger partial charge in [0.2, 0.25) is 0 Å². The number of aryl methyl sites for hydroxylation is 1. The fourth-order valence-electron chi connectivity index (χ4n) is 3.20. The van der Waals surface area contributed by atoms with Gasteiger partial charge in [-0.1, -0.05) is 31.2 Å². The number of hydrogen-bond acceptors (Lipinski definition) is 2. The second-order valence-electron chi connectivity index (χ2n) is 6.79. The molecular weight excluding hydrogens is 276 g/mol. The zero-order valence-corrected chi connectivity index (χ0v) is 13.9. The van der Waals surface area contributed by atoms with Crippen LogP contribution in [0.5, 0.6) is 0 Å². The Morgan fingerprint density at radius 1 is 1.45 bits per heavy atom. The molecule has 2 rings (SSSR count). The van der Waals surface area contributed by atoms with Crippen molar-refractivity contribution in [2.75, 3.05) is 20.1 Å². The number of benzene rings is 1. The number of urea groups is 1. The van der Waals surface area contributed by atoms with E-state index in [0.29, 0.717) is 19.5 Å². The van der Waals surface area contributed by atoms with Crippen molar-refractivity contribution in [3.63, 3.8) is 0 Å². The Hall–Kier alpha value is -1.55. The van der Waals surface area contributed by atoms with Gasteiger partial charge in [0.15, 0.2) is 0 Å². The van der Waals surface area contributed by atoms with Gasteiger partial charge in [0.25, 0.3) is 0 Å². The second-order valence-corrected chi connectivity index (χ2v) is 6.79. The minimum atomic E-state index is -0.377. The number of nitrogens with zero attached hydrogens (tertiary/aromatic N) is 1. The summed E-state index contributed by atoms with van der Waals surface area (Å²) in [5.74, 6) is 0. The second kappa shape index (κ2) is 7.14. The monoisotopic (exact) mass is 304 g/mol. The summed E-state index contributed by atoms with van der Waals surface area (Å²) in [6.07, 6.45) is 3.62. The molecule has 0 spiro atoms. The standard InChI is InChI=1S/C18H28N2O2/c1-14(21)10-12-20(3)17(22)19-13-18(2)11-6-8-15-7-4-5-9-16(15)18/h4-5,7,9,14,21H,6,8,10-13H2,1-3H3,(H,19,22). The fraction of sp³-hybridized carbons (Fsp3) is 0.611. The van der Waals surface area contributed by atoms with Gasteiger partial charge >= 0.3 is 6.03 Å². The van der Waals surface area contributed by atoms with Crippen LogP contribution in [-0.4, -0.2) is 42.3 Å². The van der Waals surface area contributed by atoms with Crippen molar-refractivity contribution in [1.29, 1.82) is 0 Å². The topological polar surface area (TPSA) is 52.6 Å². The molecule has 2 amide bonds. The summed E-state index contributed by atoms with van der Waals surface area (Å²) in [4.78, 5) is 13.8. The van der Waals surface area contributed by atoms with Crippen molar-refractivity contribution in [3.8, 4) is 0 Å². The van der Waals surface area contributed by atoms with Gasteiger partial charge in [-0.2, -0.15) is 0 Å². The molecule has 1 aromatic carbocycles. The average molecular weight is 304 g/mol. The highest BCUT2D eigenvalue weighted by molar-refractivity contribution is 5.74. The fourth-order valence-corrected chi connectivity index (χ4v) is 3.20. The molecule has 2 N–H and O–H groups in total. The van der Waals surface area contributed by atoms with Crippen LogP contribution in [0.4, 0.5) is 4.79 Å². The van der Waals surface area contributed by atoms with E-state index >= 15 is 0 Å². The first kappa shape index (κ1) is 16.8. The molecule has 0 fully saturated rings. The first-order valence-electron chi connectivity index (χ1n) is 8.18. The zero-order valence-electron chi connectivity index (χ0n) is 13.9. The van der Waals surface area contributed by atoms with Crippen LogP contribution in [0, 0.1) is 0 Å². The Morgan fingerprint density at radius 3 is 2.91 bits per heavy atom. The van der Waals surface area contributed by atoms with E-state index in [1.807, 2.05) is 0 Å². The summed E-state index contributed by atoms with van der Waals surface area (Å²) in [5, 5.41) is 12.4. The predicted molar refractivity (Wildman–Crippen MR) is 89.1 cm³/mol. The Labute approximate surface area is 133 Å². The molecule has 0 aromatic heterocycles. The van der Waals surface area contributed by atoms with Crippen LogP contribution in [0.25, 0.3) is 0 Å². The van der Waals surface area contributed by atoms with E-state index in [-0.39, 0.29) is 17.6 Å². The van der Waals surface area contributed by atoms with E-state index in [1.165, 1.54) is 17.5 Å². The van der Waals surface area contributed by atoms with Crippen molar-refractivity contribution in [1.82, 2.24) is 10.2 Å². The van der Waals surface area contributed by atoms with Crippen LogP contribution in [0.2, 0.25) is 0 Å². The van der Waals surface area contributed by atoms with E-state index in [0.717, 1.165) is 12.8 Å². The van der Waals surface area contributed by atoms with Crippen molar-refractivity contribution in [2.24, 2.45) is 0 Å². The Morgan fingerprint density at radius 2 is 2.18 bits per heavy atom. The summed E-state index contributed by atoms with van der Waals surface area (Å²) in [5.41, 5.74) is 2.79. The minimum absolute atomic E-state index is 0.00954. The van der Waals surface area contributed by atoms with Gasteiger partial charge in [-0.15, -0.1) is 0 Å². The maximum Gasteiger partial charge on any atom is 0.317 e. The van der Waals surface area contributed by atoms with Crippen molar-refractivity contribution in [2.45, 2.75) is 51.0 Å². The Kier molecular flexibility index (Phi) is 5.46. The molecule has 0 radical (unpaired) electrons. The third-order valence-electron chi connectivity index (χ3n) is 4.70. The molecular formula is C18H28N2O2. The van der Waals surface area contributed by atoms with Gasteiger partial charge in [0, 0.05) is 25.6 Å². The third kappa shape index (κ3) is 4.01. The number of rotatable bonds is 5. The van der Waals surface area contributed by atoms with E-state index in [9.17, 15) is 9.90 Å². The Balaban J connectivity index is 1.95. The average Bonchev–Trinajstić information content (AvgIpc) is 2.51. The summed E-state index contributed by atoms with van der Waals surface area (Å²) in [6, 6.07) is 8.50. The van der Waals surface area contributed by atoms with Gasteiger partial charge in [0.1, 0.15) is 0 Å². The van der Waals surface area contributed by atoms with Crippen LogP contribution in [0.1, 0.15) is 44.2 Å². The van der Waals surface area contributed by atoms with Gasteiger partial charge < -0.3 is 15.3 Å². The molecule has 1 aromatic rings. The van der Waals surface area contributed by atoms with Gasteiger partial charge in [-0.3, -0.25) is 0 Å². The SMILES string of the molecule is CC(O)CCN(C)C(=O)NCC1(C)CCCc2ccccc21. The van der Waals surface area contributed by atoms with Crippen molar-refractivity contribution in [3.05, 3.63) is 35.4 Å². The Bertz CT molecular complexity index is 516. The molecule has 0 bridgehead atoms. The minimum Gasteiger partial charge on any atom is -0.393 e. The number of nitrogens with one attached hydrogen (secondary N) is 1. The largest absolute Gasteiger partial charge is 0.393 e. The van der Waals surface area contributed by atoms with Crippen LogP contribution >= 0.6 is 0 Å². The number of aliphatic hydroxyl groups is 1. The number of carbonyl (C=O) groups is 1. The van der Waals surface area contributed by atoms with E-state index in [2.05, 4.69) is 36.5 Å². The number of amides is 2. The summed E-state index contributed by atoms with van der Waals surface area (Å²) < 4.78 is 0. The first-order chi connectivity index (χ1) is 10.4. The molecule has 0 saturated heterocycles. The van der Waals surface area contributed by atoms with E-state index in [1.54, 1.807) is 18.9 Å². The van der Waals surface area contributed by atoms with Crippen LogP contribution < -0.4 is 5.32 Å². The van der Waals surface area contributed by atoms with Crippen molar-refractivity contribution >= 4 is 6.03 Å². The predicted octanol–water partition coefficient (Wildman–Crippen LogP) is 2.69. The molecule has 1 aliphatic carbocycles. The third-order valence-corrected chi connectivity index (χ3v) is 4.70. The van der Waals surface area contributed by atoms with E-state index < -0.39 is 0 Å². The molecule has 2 atom stereocenters. The molecule has 4 heteroatoms. The lowest BCUT2D eigenvalue weighted by Crippen LogP contribution is -2.45. The van der Waals surface area contributed by atoms with Crippen molar-refractivity contribution < 1.29 is 9.90 Å². The highest BCUT2D eigenvalue weighted by Crippen LogP contribution is 2.36. The van der Waals surface area contributed by atoms with E-state index in [4.69, 9.17) is 0 Å². The lowest BCUT2D eigenvalue weighted by Gasteiger charge is -2.36. The molecule has 1 aliphatic rings. The lowest BCUT2D eigenvalue weighted by molar-refractivity contribution is 0.162. The van der Waals surface area contributed by atoms with Gasteiger partial charge in [0.05, 0.1) is 6.10 Å². The number of aliphatic hydroxyl groups excluding tert-OH is 1. The molecule has 0 aliphatic heterocycles. The first-order valence-corrected chi connectivity index (χ1v) is 8.18.